The molecule has 0 amide bonds. The van der Waals surface area contributed by atoms with Crippen LogP contribution in [0.5, 0.6) is 0 Å². The molecule has 1 unspecified atom stereocenters. The molecule has 0 radical (unpaired) electrons. The molecule has 1 atom stereocenters. The zero-order valence-corrected chi connectivity index (χ0v) is 4.34. The van der Waals surface area contributed by atoms with Crippen LogP contribution < -0.4 is 0 Å². The van der Waals surface area contributed by atoms with Crippen molar-refractivity contribution in [2.75, 3.05) is 0 Å². The Morgan fingerprint density at radius 3 is 2.88 bits per heavy atom. The molecule has 2 heteroatoms. The van der Waals surface area contributed by atoms with Crippen LogP contribution in [-0.2, 0) is 0 Å². The van der Waals surface area contributed by atoms with Gasteiger partial charge in [0.15, 0.2) is 0 Å². The summed E-state index contributed by atoms with van der Waals surface area (Å²) in [6.45, 7) is 0. The number of hydrogen-bond acceptors (Lipinski definition) is 1. The molecule has 1 N–H and O–H groups in total. The van der Waals surface area contributed by atoms with E-state index in [0.29, 0.717) is 6.42 Å². The van der Waals surface area contributed by atoms with Gasteiger partial charge in [-0.1, -0.05) is 6.08 Å². The van der Waals surface area contributed by atoms with E-state index in [0.717, 1.165) is 0 Å². The number of aliphatic hydroxyl groups is 1. The first-order chi connectivity index (χ1) is 3.79. The van der Waals surface area contributed by atoms with Crippen molar-refractivity contribution in [3.05, 3.63) is 24.1 Å². The molecule has 1 nitrogen and oxygen atoms in total. The second-order valence-corrected chi connectivity index (χ2v) is 1.75. The van der Waals surface area contributed by atoms with E-state index in [1.165, 1.54) is 18.2 Å². The molecule has 0 aromatic heterocycles. The summed E-state index contributed by atoms with van der Waals surface area (Å²) in [6.07, 6.45) is 4.01. The number of aliphatic hydroxyl groups excluding tert-OH is 1. The van der Waals surface area contributed by atoms with E-state index in [1.807, 2.05) is 0 Å². The van der Waals surface area contributed by atoms with Gasteiger partial charge < -0.3 is 5.11 Å². The lowest BCUT2D eigenvalue weighted by Crippen LogP contribution is -2.02. The molecule has 0 saturated heterocycles. The Kier molecular flexibility index (Phi) is 1.44. The first-order valence-corrected chi connectivity index (χ1v) is 2.51. The lowest BCUT2D eigenvalue weighted by atomic mass is 10.1. The highest BCUT2D eigenvalue weighted by molar-refractivity contribution is 5.17. The van der Waals surface area contributed by atoms with Crippen LogP contribution in [0.4, 0.5) is 4.39 Å². The Balaban J connectivity index is 2.58. The first kappa shape index (κ1) is 5.51. The van der Waals surface area contributed by atoms with Gasteiger partial charge in [0.25, 0.3) is 0 Å². The van der Waals surface area contributed by atoms with Crippen molar-refractivity contribution >= 4 is 0 Å². The summed E-state index contributed by atoms with van der Waals surface area (Å²) in [6, 6.07) is 0. The molecule has 0 aliphatic heterocycles. The zero-order chi connectivity index (χ0) is 5.98. The maximum Gasteiger partial charge on any atom is 0.119 e. The van der Waals surface area contributed by atoms with Crippen LogP contribution in [0.25, 0.3) is 0 Å². The average molecular weight is 114 g/mol. The minimum atomic E-state index is -0.477. The maximum atomic E-state index is 12.0. The summed E-state index contributed by atoms with van der Waals surface area (Å²) in [5, 5.41) is 8.73. The van der Waals surface area contributed by atoms with Gasteiger partial charge in [-0.25, -0.2) is 4.39 Å². The van der Waals surface area contributed by atoms with Crippen LogP contribution in [0, 0.1) is 0 Å². The van der Waals surface area contributed by atoms with Gasteiger partial charge in [0.2, 0.25) is 0 Å². The van der Waals surface area contributed by atoms with Crippen molar-refractivity contribution in [2.24, 2.45) is 0 Å². The normalized spacial score (nSPS) is 27.8. The Hall–Kier alpha value is -0.630. The highest BCUT2D eigenvalue weighted by Gasteiger charge is 2.01. The monoisotopic (exact) mass is 114 g/mol. The van der Waals surface area contributed by atoms with Gasteiger partial charge in [-0.15, -0.1) is 0 Å². The van der Waals surface area contributed by atoms with Crippen LogP contribution >= 0.6 is 0 Å². The van der Waals surface area contributed by atoms with Gasteiger partial charge in [0, 0.05) is 0 Å². The van der Waals surface area contributed by atoms with E-state index >= 15 is 0 Å². The Labute approximate surface area is 47.1 Å². The molecule has 0 fully saturated rings. The second kappa shape index (κ2) is 2.09. The lowest BCUT2D eigenvalue weighted by molar-refractivity contribution is 0.224. The summed E-state index contributed by atoms with van der Waals surface area (Å²) in [5.41, 5.74) is 0. The van der Waals surface area contributed by atoms with E-state index in [1.54, 1.807) is 0 Å². The van der Waals surface area contributed by atoms with Gasteiger partial charge in [0.05, 0.1) is 6.10 Å². The smallest absolute Gasteiger partial charge is 0.119 e. The van der Waals surface area contributed by atoms with Crippen LogP contribution in [-0.4, -0.2) is 11.2 Å². The highest BCUT2D eigenvalue weighted by Crippen LogP contribution is 2.09. The van der Waals surface area contributed by atoms with Crippen molar-refractivity contribution in [1.82, 2.24) is 0 Å². The topological polar surface area (TPSA) is 20.2 Å². The molecular formula is C6H7FO. The molecule has 1 rings (SSSR count). The molecule has 0 aromatic rings. The Morgan fingerprint density at radius 1 is 1.75 bits per heavy atom. The van der Waals surface area contributed by atoms with Crippen LogP contribution in [0.2, 0.25) is 0 Å². The predicted molar refractivity (Wildman–Crippen MR) is 29.0 cm³/mol. The fourth-order valence-corrected chi connectivity index (χ4v) is 0.583. The molecule has 0 spiro atoms. The molecule has 1 aliphatic rings. The molecule has 0 saturated carbocycles. The zero-order valence-electron chi connectivity index (χ0n) is 4.34. The summed E-state index contributed by atoms with van der Waals surface area (Å²) >= 11 is 0. The molecule has 1 aliphatic carbocycles. The summed E-state index contributed by atoms with van der Waals surface area (Å²) in [7, 11) is 0. The standard InChI is InChI=1S/C6H7FO/c7-5-1-3-6(8)4-2-5/h1-3,6,8H,4H2. The van der Waals surface area contributed by atoms with E-state index in [2.05, 4.69) is 0 Å². The van der Waals surface area contributed by atoms with E-state index in [9.17, 15) is 4.39 Å². The largest absolute Gasteiger partial charge is 0.389 e. The van der Waals surface area contributed by atoms with E-state index < -0.39 is 6.10 Å². The van der Waals surface area contributed by atoms with Crippen molar-refractivity contribution in [1.29, 1.82) is 0 Å². The van der Waals surface area contributed by atoms with E-state index in [-0.39, 0.29) is 5.83 Å². The third-order valence-electron chi connectivity index (χ3n) is 1.03. The minimum absolute atomic E-state index is 0.254. The van der Waals surface area contributed by atoms with Gasteiger partial charge in [0.1, 0.15) is 5.83 Å². The highest BCUT2D eigenvalue weighted by atomic mass is 19.1. The van der Waals surface area contributed by atoms with Crippen molar-refractivity contribution in [3.63, 3.8) is 0 Å². The van der Waals surface area contributed by atoms with Gasteiger partial charge in [-0.05, 0) is 18.6 Å². The fraction of sp³-hybridized carbons (Fsp3) is 0.333. The molecule has 8 heavy (non-hydrogen) atoms. The molecule has 0 bridgehead atoms. The SMILES string of the molecule is OC1C=CC(F)=CC1. The molecule has 0 heterocycles. The summed E-state index contributed by atoms with van der Waals surface area (Å²) in [4.78, 5) is 0. The van der Waals surface area contributed by atoms with Gasteiger partial charge in [-0.2, -0.15) is 0 Å². The van der Waals surface area contributed by atoms with Crippen molar-refractivity contribution in [3.8, 4) is 0 Å². The maximum absolute atomic E-state index is 12.0. The molecular weight excluding hydrogens is 107 g/mol. The number of allylic oxidation sites excluding steroid dienone is 2. The van der Waals surface area contributed by atoms with Crippen molar-refractivity contribution in [2.45, 2.75) is 12.5 Å². The molecule has 0 aromatic carbocycles. The summed E-state index contributed by atoms with van der Waals surface area (Å²) in [5.74, 6) is -0.254. The third-order valence-corrected chi connectivity index (χ3v) is 1.03. The van der Waals surface area contributed by atoms with Crippen molar-refractivity contribution < 1.29 is 9.50 Å². The number of rotatable bonds is 0. The number of hydrogen-bond donors (Lipinski definition) is 1. The fourth-order valence-electron chi connectivity index (χ4n) is 0.583. The van der Waals surface area contributed by atoms with E-state index in [4.69, 9.17) is 5.11 Å². The third kappa shape index (κ3) is 1.17. The summed E-state index contributed by atoms with van der Waals surface area (Å²) < 4.78 is 12.0. The number of halogens is 1. The second-order valence-electron chi connectivity index (χ2n) is 1.75. The van der Waals surface area contributed by atoms with Gasteiger partial charge >= 0.3 is 0 Å². The Morgan fingerprint density at radius 2 is 2.50 bits per heavy atom. The minimum Gasteiger partial charge on any atom is -0.389 e. The lowest BCUT2D eigenvalue weighted by Gasteiger charge is -2.03. The first-order valence-electron chi connectivity index (χ1n) is 2.51. The predicted octanol–water partition coefficient (Wildman–Crippen LogP) is 1.16. The van der Waals surface area contributed by atoms with Crippen LogP contribution in [0.15, 0.2) is 24.1 Å². The molecule has 44 valence electrons. The van der Waals surface area contributed by atoms with Gasteiger partial charge in [-0.3, -0.25) is 0 Å². The quantitative estimate of drug-likeness (QED) is 0.501. The Bertz CT molecular complexity index is 137. The average Bonchev–Trinajstić information content (AvgIpc) is 1.77. The van der Waals surface area contributed by atoms with Crippen LogP contribution in [0.3, 0.4) is 0 Å². The van der Waals surface area contributed by atoms with Crippen LogP contribution in [0.1, 0.15) is 6.42 Å².